The molecule has 1 rings (SSSR count). The van der Waals surface area contributed by atoms with E-state index >= 15 is 0 Å². The molecule has 0 bridgehead atoms. The maximum absolute atomic E-state index is 12.5. The fourth-order valence-corrected chi connectivity index (χ4v) is 0.973. The van der Waals surface area contributed by atoms with Gasteiger partial charge in [-0.25, -0.2) is 8.78 Å². The molecule has 3 nitrogen and oxygen atoms in total. The van der Waals surface area contributed by atoms with Gasteiger partial charge in [-0.2, -0.15) is 8.78 Å². The minimum atomic E-state index is -4.18. The van der Waals surface area contributed by atoms with Crippen molar-refractivity contribution in [3.05, 3.63) is 29.8 Å². The summed E-state index contributed by atoms with van der Waals surface area (Å²) < 4.78 is 53.2. The summed E-state index contributed by atoms with van der Waals surface area (Å²) in [6, 6.07) is 5.30. The van der Waals surface area contributed by atoms with Crippen molar-refractivity contribution in [2.75, 3.05) is 6.61 Å². The van der Waals surface area contributed by atoms with Gasteiger partial charge in [0.15, 0.2) is 6.61 Å². The van der Waals surface area contributed by atoms with E-state index in [1.165, 1.54) is 24.3 Å². The molecule has 0 amide bonds. The Morgan fingerprint density at radius 2 is 1.82 bits per heavy atom. The Bertz CT molecular complexity index is 392. The van der Waals surface area contributed by atoms with E-state index in [0.29, 0.717) is 5.56 Å². The van der Waals surface area contributed by atoms with Gasteiger partial charge in [0, 0.05) is 5.56 Å². The van der Waals surface area contributed by atoms with E-state index in [1.807, 2.05) is 0 Å². The first kappa shape index (κ1) is 13.3. The number of amidine groups is 1. The van der Waals surface area contributed by atoms with E-state index in [1.54, 1.807) is 0 Å². The predicted octanol–water partition coefficient (Wildman–Crippen LogP) is 2.25. The molecule has 0 saturated heterocycles. The van der Waals surface area contributed by atoms with Crippen molar-refractivity contribution in [1.82, 2.24) is 0 Å². The van der Waals surface area contributed by atoms with Gasteiger partial charge >= 0.3 is 12.3 Å². The highest BCUT2D eigenvalue weighted by Gasteiger charge is 2.41. The van der Waals surface area contributed by atoms with Gasteiger partial charge in [-0.1, -0.05) is 0 Å². The molecular formula is C10H10F4N2O. The van der Waals surface area contributed by atoms with Crippen molar-refractivity contribution in [1.29, 1.82) is 5.41 Å². The number of nitrogen functional groups attached to an aromatic ring is 1. The molecule has 0 aromatic heterocycles. The zero-order valence-electron chi connectivity index (χ0n) is 8.59. The first-order valence-electron chi connectivity index (χ1n) is 4.56. The molecule has 0 radical (unpaired) electrons. The van der Waals surface area contributed by atoms with E-state index in [2.05, 4.69) is 4.74 Å². The van der Waals surface area contributed by atoms with Crippen molar-refractivity contribution >= 4 is 5.84 Å². The molecule has 0 aliphatic carbocycles. The fraction of sp³-hybridized carbons (Fsp3) is 0.300. The van der Waals surface area contributed by atoms with Crippen LogP contribution in [-0.4, -0.2) is 24.8 Å². The largest absolute Gasteiger partial charge is 0.487 e. The summed E-state index contributed by atoms with van der Waals surface area (Å²) in [5.74, 6) is -4.36. The summed E-state index contributed by atoms with van der Waals surface area (Å²) in [6.45, 7) is -1.40. The molecule has 3 N–H and O–H groups in total. The molecule has 1 aromatic carbocycles. The average molecular weight is 250 g/mol. The maximum atomic E-state index is 12.5. The second-order valence-electron chi connectivity index (χ2n) is 3.29. The summed E-state index contributed by atoms with van der Waals surface area (Å²) in [5.41, 5.74) is 5.56. The minimum absolute atomic E-state index is 0.00956. The number of nitrogens with two attached hydrogens (primary N) is 1. The molecule has 7 heteroatoms. The molecule has 94 valence electrons. The molecule has 0 atom stereocenters. The Morgan fingerprint density at radius 3 is 2.24 bits per heavy atom. The highest BCUT2D eigenvalue weighted by Crippen LogP contribution is 2.24. The number of rotatable bonds is 5. The van der Waals surface area contributed by atoms with E-state index in [0.717, 1.165) is 0 Å². The van der Waals surface area contributed by atoms with Gasteiger partial charge in [-0.05, 0) is 24.3 Å². The normalized spacial score (nSPS) is 11.6. The maximum Gasteiger partial charge on any atom is 0.340 e. The number of benzene rings is 1. The second kappa shape index (κ2) is 5.03. The first-order valence-corrected chi connectivity index (χ1v) is 4.56. The van der Waals surface area contributed by atoms with Crippen molar-refractivity contribution in [2.45, 2.75) is 12.3 Å². The van der Waals surface area contributed by atoms with Gasteiger partial charge in [0.2, 0.25) is 0 Å². The molecule has 0 spiro atoms. The van der Waals surface area contributed by atoms with Crippen LogP contribution in [0.2, 0.25) is 0 Å². The summed E-state index contributed by atoms with van der Waals surface area (Å²) in [7, 11) is 0. The molecule has 1 aromatic rings. The highest BCUT2D eigenvalue weighted by molar-refractivity contribution is 5.94. The lowest BCUT2D eigenvalue weighted by molar-refractivity contribution is -0.148. The second-order valence-corrected chi connectivity index (χ2v) is 3.29. The smallest absolute Gasteiger partial charge is 0.340 e. The van der Waals surface area contributed by atoms with Gasteiger partial charge in [0.1, 0.15) is 11.6 Å². The summed E-state index contributed by atoms with van der Waals surface area (Å²) in [4.78, 5) is 0. The van der Waals surface area contributed by atoms with E-state index < -0.39 is 19.0 Å². The SMILES string of the molecule is N=C(N)c1ccc(OCC(F)(F)C(F)F)cc1. The number of halogens is 4. The van der Waals surface area contributed by atoms with Gasteiger partial charge in [-0.3, -0.25) is 5.41 Å². The van der Waals surface area contributed by atoms with E-state index in [9.17, 15) is 17.6 Å². The predicted molar refractivity (Wildman–Crippen MR) is 53.9 cm³/mol. The molecule has 0 heterocycles. The number of hydrogen-bond donors (Lipinski definition) is 2. The molecule has 17 heavy (non-hydrogen) atoms. The number of nitrogens with one attached hydrogen (secondary N) is 1. The molecule has 0 fully saturated rings. The minimum Gasteiger partial charge on any atom is -0.487 e. The molecule has 0 unspecified atom stereocenters. The van der Waals surface area contributed by atoms with Crippen LogP contribution in [0.15, 0.2) is 24.3 Å². The third kappa shape index (κ3) is 3.61. The van der Waals surface area contributed by atoms with Crippen LogP contribution in [0.4, 0.5) is 17.6 Å². The van der Waals surface area contributed by atoms with Crippen molar-refractivity contribution in [3.63, 3.8) is 0 Å². The number of ether oxygens (including phenoxy) is 1. The summed E-state index contributed by atoms with van der Waals surface area (Å²) in [6.07, 6.45) is -3.76. The van der Waals surface area contributed by atoms with Crippen molar-refractivity contribution in [2.24, 2.45) is 5.73 Å². The lowest BCUT2D eigenvalue weighted by atomic mass is 10.2. The van der Waals surface area contributed by atoms with Gasteiger partial charge in [-0.15, -0.1) is 0 Å². The Hall–Kier alpha value is -1.79. The third-order valence-electron chi connectivity index (χ3n) is 1.92. The van der Waals surface area contributed by atoms with Crippen LogP contribution in [0.25, 0.3) is 0 Å². The van der Waals surface area contributed by atoms with Gasteiger partial charge in [0.25, 0.3) is 0 Å². The van der Waals surface area contributed by atoms with Crippen LogP contribution < -0.4 is 10.5 Å². The zero-order valence-corrected chi connectivity index (χ0v) is 8.59. The van der Waals surface area contributed by atoms with Crippen molar-refractivity contribution in [3.8, 4) is 5.75 Å². The van der Waals surface area contributed by atoms with Gasteiger partial charge < -0.3 is 10.5 Å². The Kier molecular flexibility index (Phi) is 3.93. The summed E-state index contributed by atoms with van der Waals surface area (Å²) >= 11 is 0. The Balaban J connectivity index is 2.62. The standard InChI is InChI=1S/C10H10F4N2O/c11-9(12)10(13,14)5-17-7-3-1-6(2-4-7)8(15)16/h1-4,9H,5H2,(H3,15,16). The lowest BCUT2D eigenvalue weighted by Crippen LogP contribution is -2.33. The van der Waals surface area contributed by atoms with Crippen LogP contribution in [-0.2, 0) is 0 Å². The third-order valence-corrected chi connectivity index (χ3v) is 1.92. The molecule has 0 aliphatic heterocycles. The van der Waals surface area contributed by atoms with Crippen LogP contribution in [0.5, 0.6) is 5.75 Å². The first-order chi connectivity index (χ1) is 7.83. The Labute approximate surface area is 94.7 Å². The van der Waals surface area contributed by atoms with E-state index in [-0.39, 0.29) is 11.6 Å². The topological polar surface area (TPSA) is 59.1 Å². The molecular weight excluding hydrogens is 240 g/mol. The highest BCUT2D eigenvalue weighted by atomic mass is 19.3. The lowest BCUT2D eigenvalue weighted by Gasteiger charge is -2.15. The fourth-order valence-electron chi connectivity index (χ4n) is 0.973. The van der Waals surface area contributed by atoms with Crippen LogP contribution >= 0.6 is 0 Å². The van der Waals surface area contributed by atoms with Crippen LogP contribution in [0.1, 0.15) is 5.56 Å². The quantitative estimate of drug-likeness (QED) is 0.478. The van der Waals surface area contributed by atoms with Crippen molar-refractivity contribution < 1.29 is 22.3 Å². The zero-order chi connectivity index (χ0) is 13.1. The Morgan fingerprint density at radius 1 is 1.29 bits per heavy atom. The van der Waals surface area contributed by atoms with Crippen LogP contribution in [0.3, 0.4) is 0 Å². The van der Waals surface area contributed by atoms with Gasteiger partial charge in [0.05, 0.1) is 0 Å². The summed E-state index contributed by atoms with van der Waals surface area (Å²) in [5, 5.41) is 7.08. The number of hydrogen-bond acceptors (Lipinski definition) is 2. The molecule has 0 saturated carbocycles. The van der Waals surface area contributed by atoms with Crippen LogP contribution in [0, 0.1) is 5.41 Å². The average Bonchev–Trinajstić information content (AvgIpc) is 2.27. The monoisotopic (exact) mass is 250 g/mol. The molecule has 0 aliphatic rings. The van der Waals surface area contributed by atoms with E-state index in [4.69, 9.17) is 11.1 Å². The number of alkyl halides is 4.